The molecule has 1 saturated heterocycles. The number of primary sulfonamides is 1. The number of nitrogens with one attached hydrogen (secondary N) is 1. The van der Waals surface area contributed by atoms with E-state index >= 15 is 0 Å². The number of hydrogen-bond acceptors (Lipinski definition) is 5. The Morgan fingerprint density at radius 3 is 2.44 bits per heavy atom. The minimum absolute atomic E-state index is 0.0000721. The van der Waals surface area contributed by atoms with E-state index in [1.807, 2.05) is 13.8 Å². The van der Waals surface area contributed by atoms with Gasteiger partial charge in [-0.3, -0.25) is 0 Å². The summed E-state index contributed by atoms with van der Waals surface area (Å²) >= 11 is 0. The predicted octanol–water partition coefficient (Wildman–Crippen LogP) is -0.594. The Kier molecular flexibility index (Phi) is 4.69. The van der Waals surface area contributed by atoms with E-state index in [1.165, 1.54) is 0 Å². The standard InChI is InChI=1S/C9H20N2O4S/c1-9(2)14-6-8(7-15-9)11-4-3-5-16(10,12)13/h8,11H,3-7H2,1-2H3,(H2,10,12,13). The largest absolute Gasteiger partial charge is 0.349 e. The Hall–Kier alpha value is -0.210. The molecule has 3 N–H and O–H groups in total. The lowest BCUT2D eigenvalue weighted by Crippen LogP contribution is -2.48. The first-order chi connectivity index (χ1) is 7.29. The van der Waals surface area contributed by atoms with Crippen LogP contribution < -0.4 is 10.5 Å². The normalized spacial score (nSPS) is 22.2. The van der Waals surface area contributed by atoms with Crippen LogP contribution in [-0.4, -0.2) is 45.8 Å². The van der Waals surface area contributed by atoms with Gasteiger partial charge < -0.3 is 14.8 Å². The van der Waals surface area contributed by atoms with Crippen molar-refractivity contribution in [1.29, 1.82) is 0 Å². The van der Waals surface area contributed by atoms with Gasteiger partial charge in [-0.25, -0.2) is 13.6 Å². The van der Waals surface area contributed by atoms with E-state index in [0.29, 0.717) is 26.2 Å². The lowest BCUT2D eigenvalue weighted by molar-refractivity contribution is -0.252. The van der Waals surface area contributed by atoms with E-state index in [9.17, 15) is 8.42 Å². The molecule has 6 nitrogen and oxygen atoms in total. The molecule has 1 aliphatic heterocycles. The van der Waals surface area contributed by atoms with Crippen LogP contribution in [0.5, 0.6) is 0 Å². The fourth-order valence-corrected chi connectivity index (χ4v) is 1.94. The topological polar surface area (TPSA) is 90.6 Å². The highest BCUT2D eigenvalue weighted by atomic mass is 32.2. The van der Waals surface area contributed by atoms with Crippen molar-refractivity contribution in [3.8, 4) is 0 Å². The van der Waals surface area contributed by atoms with Crippen molar-refractivity contribution in [2.24, 2.45) is 5.14 Å². The highest BCUT2D eigenvalue weighted by Crippen LogP contribution is 2.16. The molecule has 1 heterocycles. The summed E-state index contributed by atoms with van der Waals surface area (Å²) in [5.41, 5.74) is 0. The molecule has 0 saturated carbocycles. The van der Waals surface area contributed by atoms with Crippen molar-refractivity contribution in [2.45, 2.75) is 32.1 Å². The second-order valence-corrected chi connectivity index (χ2v) is 6.13. The Bertz CT molecular complexity index is 305. The Morgan fingerprint density at radius 2 is 1.94 bits per heavy atom. The monoisotopic (exact) mass is 252 g/mol. The van der Waals surface area contributed by atoms with Crippen molar-refractivity contribution < 1.29 is 17.9 Å². The fraction of sp³-hybridized carbons (Fsp3) is 1.00. The van der Waals surface area contributed by atoms with Gasteiger partial charge >= 0.3 is 0 Å². The van der Waals surface area contributed by atoms with Crippen LogP contribution in [0, 0.1) is 0 Å². The van der Waals surface area contributed by atoms with Crippen molar-refractivity contribution in [2.75, 3.05) is 25.5 Å². The number of sulfonamides is 1. The first-order valence-electron chi connectivity index (χ1n) is 5.30. The van der Waals surface area contributed by atoms with Gasteiger partial charge in [-0.15, -0.1) is 0 Å². The summed E-state index contributed by atoms with van der Waals surface area (Å²) in [7, 11) is -3.35. The molecule has 0 amide bonds. The molecular weight excluding hydrogens is 232 g/mol. The smallest absolute Gasteiger partial charge is 0.209 e. The van der Waals surface area contributed by atoms with Gasteiger partial charge in [-0.2, -0.15) is 0 Å². The molecule has 0 aromatic heterocycles. The molecule has 1 aliphatic rings. The summed E-state index contributed by atoms with van der Waals surface area (Å²) in [5, 5.41) is 8.05. The fourth-order valence-electron chi connectivity index (χ4n) is 1.39. The Labute approximate surface area is 96.5 Å². The summed E-state index contributed by atoms with van der Waals surface area (Å²) in [6.07, 6.45) is 0.499. The molecular formula is C9H20N2O4S. The molecule has 1 rings (SSSR count). The Balaban J connectivity index is 2.11. The van der Waals surface area contributed by atoms with Crippen LogP contribution in [0.4, 0.5) is 0 Å². The lowest BCUT2D eigenvalue weighted by atomic mass is 10.2. The van der Waals surface area contributed by atoms with Gasteiger partial charge in [-0.1, -0.05) is 0 Å². The lowest BCUT2D eigenvalue weighted by Gasteiger charge is -2.35. The third kappa shape index (κ3) is 5.76. The first-order valence-corrected chi connectivity index (χ1v) is 7.02. The first kappa shape index (κ1) is 13.9. The summed E-state index contributed by atoms with van der Waals surface area (Å²) in [6.45, 7) is 5.47. The molecule has 0 bridgehead atoms. The SMILES string of the molecule is CC1(C)OCC(NCCCS(N)(=O)=O)CO1. The van der Waals surface area contributed by atoms with Crippen molar-refractivity contribution in [3.05, 3.63) is 0 Å². The zero-order valence-corrected chi connectivity index (χ0v) is 10.5. The van der Waals surface area contributed by atoms with Gasteiger partial charge in [0.15, 0.2) is 5.79 Å². The molecule has 96 valence electrons. The van der Waals surface area contributed by atoms with Crippen LogP contribution in [-0.2, 0) is 19.5 Å². The molecule has 0 spiro atoms. The van der Waals surface area contributed by atoms with E-state index in [1.54, 1.807) is 0 Å². The van der Waals surface area contributed by atoms with Gasteiger partial charge in [0.1, 0.15) is 0 Å². The second-order valence-electron chi connectivity index (χ2n) is 4.39. The molecule has 0 atom stereocenters. The molecule has 7 heteroatoms. The second kappa shape index (κ2) is 5.42. The van der Waals surface area contributed by atoms with E-state index in [-0.39, 0.29) is 11.8 Å². The van der Waals surface area contributed by atoms with Crippen LogP contribution >= 0.6 is 0 Å². The van der Waals surface area contributed by atoms with Gasteiger partial charge in [0.25, 0.3) is 0 Å². The molecule has 0 aromatic rings. The van der Waals surface area contributed by atoms with Crippen LogP contribution in [0.2, 0.25) is 0 Å². The number of nitrogens with two attached hydrogens (primary N) is 1. The number of hydrogen-bond donors (Lipinski definition) is 2. The van der Waals surface area contributed by atoms with Crippen molar-refractivity contribution in [3.63, 3.8) is 0 Å². The summed E-state index contributed by atoms with van der Waals surface area (Å²) < 4.78 is 32.2. The maximum absolute atomic E-state index is 10.7. The zero-order valence-electron chi connectivity index (χ0n) is 9.73. The molecule has 16 heavy (non-hydrogen) atoms. The quantitative estimate of drug-likeness (QED) is 0.638. The average molecular weight is 252 g/mol. The highest BCUT2D eigenvalue weighted by molar-refractivity contribution is 7.89. The van der Waals surface area contributed by atoms with Gasteiger partial charge in [0.05, 0.1) is 25.0 Å². The maximum atomic E-state index is 10.7. The van der Waals surface area contributed by atoms with Gasteiger partial charge in [-0.05, 0) is 26.8 Å². The third-order valence-electron chi connectivity index (χ3n) is 2.30. The maximum Gasteiger partial charge on any atom is 0.209 e. The average Bonchev–Trinajstić information content (AvgIpc) is 2.13. The van der Waals surface area contributed by atoms with E-state index < -0.39 is 15.8 Å². The molecule has 0 aliphatic carbocycles. The zero-order chi connectivity index (χ0) is 12.2. The summed E-state index contributed by atoms with van der Waals surface area (Å²) in [6, 6.07) is 0.119. The van der Waals surface area contributed by atoms with E-state index in [4.69, 9.17) is 14.6 Å². The predicted molar refractivity (Wildman–Crippen MR) is 60.4 cm³/mol. The molecule has 0 unspecified atom stereocenters. The minimum Gasteiger partial charge on any atom is -0.349 e. The number of rotatable bonds is 5. The Morgan fingerprint density at radius 1 is 1.38 bits per heavy atom. The van der Waals surface area contributed by atoms with E-state index in [0.717, 1.165) is 0 Å². The van der Waals surface area contributed by atoms with Gasteiger partial charge in [0, 0.05) is 0 Å². The molecule has 1 fully saturated rings. The van der Waals surface area contributed by atoms with Gasteiger partial charge in [0.2, 0.25) is 10.0 Å². The molecule has 0 radical (unpaired) electrons. The van der Waals surface area contributed by atoms with Crippen LogP contribution in [0.15, 0.2) is 0 Å². The highest BCUT2D eigenvalue weighted by Gasteiger charge is 2.27. The van der Waals surface area contributed by atoms with Crippen molar-refractivity contribution in [1.82, 2.24) is 5.32 Å². The molecule has 0 aromatic carbocycles. The van der Waals surface area contributed by atoms with Crippen LogP contribution in [0.1, 0.15) is 20.3 Å². The van der Waals surface area contributed by atoms with Crippen molar-refractivity contribution >= 4 is 10.0 Å². The third-order valence-corrected chi connectivity index (χ3v) is 3.16. The number of ether oxygens (including phenoxy) is 2. The van der Waals surface area contributed by atoms with E-state index in [2.05, 4.69) is 5.32 Å². The summed E-state index contributed by atoms with van der Waals surface area (Å²) in [4.78, 5) is 0. The van der Waals surface area contributed by atoms with Crippen LogP contribution in [0.3, 0.4) is 0 Å². The van der Waals surface area contributed by atoms with Crippen LogP contribution in [0.25, 0.3) is 0 Å². The minimum atomic E-state index is -3.35. The summed E-state index contributed by atoms with van der Waals surface area (Å²) in [5.74, 6) is -0.515.